The van der Waals surface area contributed by atoms with E-state index in [0.29, 0.717) is 33.2 Å². The SMILES string of the molecule is COc1ccccc1NC(=O)CSc1nnc(-c2cc(Cl)ccc2OC)n1C. The number of aromatic nitrogens is 3. The molecule has 0 aliphatic heterocycles. The second-order valence-corrected chi connectivity index (χ2v) is 7.13. The van der Waals surface area contributed by atoms with Crippen molar-refractivity contribution in [2.24, 2.45) is 7.05 Å². The van der Waals surface area contributed by atoms with Crippen molar-refractivity contribution < 1.29 is 14.3 Å². The van der Waals surface area contributed by atoms with Gasteiger partial charge in [-0.15, -0.1) is 10.2 Å². The highest BCUT2D eigenvalue weighted by molar-refractivity contribution is 7.99. The van der Waals surface area contributed by atoms with Crippen LogP contribution in [0.2, 0.25) is 5.02 Å². The van der Waals surface area contributed by atoms with E-state index in [0.717, 1.165) is 5.56 Å². The third-order valence-electron chi connectivity index (χ3n) is 3.95. The Bertz CT molecular complexity index is 993. The minimum absolute atomic E-state index is 0.167. The van der Waals surface area contributed by atoms with Gasteiger partial charge in [0, 0.05) is 12.1 Å². The van der Waals surface area contributed by atoms with Gasteiger partial charge in [-0.25, -0.2) is 0 Å². The largest absolute Gasteiger partial charge is 0.496 e. The molecule has 0 atom stereocenters. The summed E-state index contributed by atoms with van der Waals surface area (Å²) >= 11 is 7.39. The molecule has 1 N–H and O–H groups in total. The second kappa shape index (κ2) is 8.99. The van der Waals surface area contributed by atoms with Gasteiger partial charge in [0.2, 0.25) is 5.91 Å². The first-order valence-corrected chi connectivity index (χ1v) is 9.68. The average molecular weight is 419 g/mol. The minimum Gasteiger partial charge on any atom is -0.496 e. The quantitative estimate of drug-likeness (QED) is 0.586. The number of para-hydroxylation sites is 2. The third-order valence-corrected chi connectivity index (χ3v) is 5.21. The normalized spacial score (nSPS) is 10.6. The molecule has 0 aliphatic carbocycles. The lowest BCUT2D eigenvalue weighted by Gasteiger charge is -2.10. The highest BCUT2D eigenvalue weighted by Crippen LogP contribution is 2.32. The fourth-order valence-corrected chi connectivity index (χ4v) is 3.48. The van der Waals surface area contributed by atoms with Crippen LogP contribution in [0.1, 0.15) is 0 Å². The molecule has 0 aliphatic rings. The summed E-state index contributed by atoms with van der Waals surface area (Å²) in [5.41, 5.74) is 1.35. The Balaban J connectivity index is 1.71. The smallest absolute Gasteiger partial charge is 0.234 e. The summed E-state index contributed by atoms with van der Waals surface area (Å²) in [4.78, 5) is 12.3. The van der Waals surface area contributed by atoms with Gasteiger partial charge in [0.1, 0.15) is 11.5 Å². The van der Waals surface area contributed by atoms with Crippen LogP contribution in [-0.2, 0) is 11.8 Å². The molecule has 0 saturated carbocycles. The van der Waals surface area contributed by atoms with Gasteiger partial charge in [-0.3, -0.25) is 4.79 Å². The van der Waals surface area contributed by atoms with E-state index in [1.165, 1.54) is 11.8 Å². The molecule has 28 heavy (non-hydrogen) atoms. The number of thioether (sulfide) groups is 1. The molecule has 0 bridgehead atoms. The fourth-order valence-electron chi connectivity index (χ4n) is 2.59. The molecule has 0 saturated heterocycles. The van der Waals surface area contributed by atoms with E-state index >= 15 is 0 Å². The van der Waals surface area contributed by atoms with Gasteiger partial charge in [-0.05, 0) is 30.3 Å². The van der Waals surface area contributed by atoms with Crippen molar-refractivity contribution in [1.82, 2.24) is 14.8 Å². The maximum absolute atomic E-state index is 12.3. The Labute approximate surface area is 172 Å². The van der Waals surface area contributed by atoms with Gasteiger partial charge in [-0.2, -0.15) is 0 Å². The molecule has 0 unspecified atom stereocenters. The summed E-state index contributed by atoms with van der Waals surface area (Å²) in [6.07, 6.45) is 0. The highest BCUT2D eigenvalue weighted by Gasteiger charge is 2.17. The molecule has 0 spiro atoms. The van der Waals surface area contributed by atoms with Crippen LogP contribution >= 0.6 is 23.4 Å². The molecule has 0 fully saturated rings. The van der Waals surface area contributed by atoms with Crippen LogP contribution in [0.15, 0.2) is 47.6 Å². The van der Waals surface area contributed by atoms with Crippen molar-refractivity contribution in [1.29, 1.82) is 0 Å². The summed E-state index contributed by atoms with van der Waals surface area (Å²) in [5.74, 6) is 1.86. The Morgan fingerprint density at radius 1 is 1.14 bits per heavy atom. The highest BCUT2D eigenvalue weighted by atomic mass is 35.5. The van der Waals surface area contributed by atoms with Crippen LogP contribution in [0.5, 0.6) is 11.5 Å². The lowest BCUT2D eigenvalue weighted by molar-refractivity contribution is -0.113. The van der Waals surface area contributed by atoms with Gasteiger partial charge >= 0.3 is 0 Å². The number of carbonyl (C=O) groups excluding carboxylic acids is 1. The van der Waals surface area contributed by atoms with Gasteiger partial charge in [0.05, 0.1) is 31.2 Å². The molecular weight excluding hydrogens is 400 g/mol. The van der Waals surface area contributed by atoms with Crippen LogP contribution in [0.3, 0.4) is 0 Å². The fraction of sp³-hybridized carbons (Fsp3) is 0.211. The number of amides is 1. The van der Waals surface area contributed by atoms with Crippen LogP contribution in [0.25, 0.3) is 11.4 Å². The molecule has 1 heterocycles. The molecule has 3 rings (SSSR count). The number of methoxy groups -OCH3 is 2. The van der Waals surface area contributed by atoms with Crippen LogP contribution < -0.4 is 14.8 Å². The monoisotopic (exact) mass is 418 g/mol. The lowest BCUT2D eigenvalue weighted by atomic mass is 10.2. The van der Waals surface area contributed by atoms with E-state index < -0.39 is 0 Å². The molecular formula is C19H19ClN4O3S. The number of rotatable bonds is 7. The predicted octanol–water partition coefficient (Wildman–Crippen LogP) is 3.88. The van der Waals surface area contributed by atoms with Crippen molar-refractivity contribution in [3.05, 3.63) is 47.5 Å². The number of benzene rings is 2. The summed E-state index contributed by atoms with van der Waals surface area (Å²) < 4.78 is 12.4. The number of anilines is 1. The number of ether oxygens (including phenoxy) is 2. The number of hydrogen-bond donors (Lipinski definition) is 1. The summed E-state index contributed by atoms with van der Waals surface area (Å²) in [6.45, 7) is 0. The van der Waals surface area contributed by atoms with E-state index in [1.807, 2.05) is 19.2 Å². The van der Waals surface area contributed by atoms with Crippen molar-refractivity contribution >= 4 is 35.0 Å². The number of nitrogens with one attached hydrogen (secondary N) is 1. The van der Waals surface area contributed by atoms with Crippen LogP contribution in [0, 0.1) is 0 Å². The maximum Gasteiger partial charge on any atom is 0.234 e. The second-order valence-electron chi connectivity index (χ2n) is 5.75. The summed E-state index contributed by atoms with van der Waals surface area (Å²) in [7, 11) is 4.97. The lowest BCUT2D eigenvalue weighted by Crippen LogP contribution is -2.15. The Morgan fingerprint density at radius 2 is 1.89 bits per heavy atom. The Kier molecular flexibility index (Phi) is 6.43. The molecule has 2 aromatic carbocycles. The topological polar surface area (TPSA) is 78.3 Å². The minimum atomic E-state index is -0.167. The molecule has 3 aromatic rings. The number of halogens is 1. The Morgan fingerprint density at radius 3 is 2.64 bits per heavy atom. The average Bonchev–Trinajstić information content (AvgIpc) is 3.07. The molecule has 1 amide bonds. The first-order valence-electron chi connectivity index (χ1n) is 8.32. The third kappa shape index (κ3) is 4.40. The molecule has 1 aromatic heterocycles. The van der Waals surface area contributed by atoms with E-state index in [2.05, 4.69) is 15.5 Å². The van der Waals surface area contributed by atoms with Crippen molar-refractivity contribution in [2.45, 2.75) is 5.16 Å². The van der Waals surface area contributed by atoms with Gasteiger partial charge in [0.15, 0.2) is 11.0 Å². The molecule has 0 radical (unpaired) electrons. The Hall–Kier alpha value is -2.71. The maximum atomic E-state index is 12.3. The van der Waals surface area contributed by atoms with Gasteiger partial charge in [0.25, 0.3) is 0 Å². The summed E-state index contributed by atoms with van der Waals surface area (Å²) in [6, 6.07) is 12.5. The van der Waals surface area contributed by atoms with Gasteiger partial charge in [-0.1, -0.05) is 35.5 Å². The molecule has 9 heteroatoms. The van der Waals surface area contributed by atoms with E-state index in [1.54, 1.807) is 49.1 Å². The zero-order valence-electron chi connectivity index (χ0n) is 15.6. The molecule has 7 nitrogen and oxygen atoms in total. The number of nitrogens with zero attached hydrogens (tertiary/aromatic N) is 3. The van der Waals surface area contributed by atoms with Crippen molar-refractivity contribution in [3.8, 4) is 22.9 Å². The van der Waals surface area contributed by atoms with Crippen molar-refractivity contribution in [3.63, 3.8) is 0 Å². The van der Waals surface area contributed by atoms with E-state index in [4.69, 9.17) is 21.1 Å². The zero-order chi connectivity index (χ0) is 20.1. The number of hydrogen-bond acceptors (Lipinski definition) is 6. The van der Waals surface area contributed by atoms with Crippen molar-refractivity contribution in [2.75, 3.05) is 25.3 Å². The first kappa shape index (κ1) is 20.0. The van der Waals surface area contributed by atoms with Crippen LogP contribution in [-0.4, -0.2) is 40.6 Å². The number of carbonyl (C=O) groups is 1. The zero-order valence-corrected chi connectivity index (χ0v) is 17.2. The van der Waals surface area contributed by atoms with E-state index in [9.17, 15) is 4.79 Å². The standard InChI is InChI=1S/C19H19ClN4O3S/c1-24-18(13-10-12(20)8-9-15(13)26-2)22-23-19(24)28-11-17(25)21-14-6-4-5-7-16(14)27-3/h4-10H,11H2,1-3H3,(H,21,25). The first-order chi connectivity index (χ1) is 13.5. The van der Waals surface area contributed by atoms with E-state index in [-0.39, 0.29) is 11.7 Å². The van der Waals surface area contributed by atoms with Gasteiger partial charge < -0.3 is 19.4 Å². The predicted molar refractivity (Wildman–Crippen MR) is 110 cm³/mol. The summed E-state index contributed by atoms with van der Waals surface area (Å²) in [5, 5.41) is 12.4. The van der Waals surface area contributed by atoms with Crippen LogP contribution in [0.4, 0.5) is 5.69 Å². The molecule has 146 valence electrons.